The van der Waals surface area contributed by atoms with Crippen LogP contribution in [0.4, 0.5) is 5.82 Å². The molecular weight excluding hydrogens is 368 g/mol. The number of esters is 1. The summed E-state index contributed by atoms with van der Waals surface area (Å²) in [6, 6.07) is 0. The molecule has 0 aliphatic heterocycles. The molecule has 0 amide bonds. The van der Waals surface area contributed by atoms with E-state index in [0.717, 1.165) is 35.6 Å². The van der Waals surface area contributed by atoms with E-state index < -0.39 is 5.97 Å². The van der Waals surface area contributed by atoms with E-state index >= 15 is 0 Å². The monoisotopic (exact) mass is 396 g/mol. The summed E-state index contributed by atoms with van der Waals surface area (Å²) in [4.78, 5) is 16.4. The van der Waals surface area contributed by atoms with E-state index in [2.05, 4.69) is 14.8 Å². The van der Waals surface area contributed by atoms with E-state index in [1.807, 2.05) is 6.92 Å². The molecule has 0 spiro atoms. The van der Waals surface area contributed by atoms with Gasteiger partial charge in [0.05, 0.1) is 13.3 Å². The summed E-state index contributed by atoms with van der Waals surface area (Å²) in [5.74, 6) is 1.59. The minimum Gasteiger partial charge on any atom is -0.504 e. The van der Waals surface area contributed by atoms with Crippen molar-refractivity contribution in [2.45, 2.75) is 52.0 Å². The molecule has 4 saturated carbocycles. The molecule has 0 radical (unpaired) electrons. The van der Waals surface area contributed by atoms with Gasteiger partial charge in [-0.15, -0.1) is 0 Å². The number of carbonyl (C=O) groups excluding carboxylic acids is 1. The molecule has 29 heavy (non-hydrogen) atoms. The van der Waals surface area contributed by atoms with Crippen LogP contribution in [0.25, 0.3) is 11.1 Å². The number of hydrogen-bond donors (Lipinski definition) is 2. The Balaban J connectivity index is 1.50. The van der Waals surface area contributed by atoms with Crippen LogP contribution >= 0.6 is 0 Å². The predicted molar refractivity (Wildman–Crippen MR) is 108 cm³/mol. The summed E-state index contributed by atoms with van der Waals surface area (Å²) in [7, 11) is 1.28. The second kappa shape index (κ2) is 6.47. The Hall–Kier alpha value is -2.57. The largest absolute Gasteiger partial charge is 0.504 e. The Morgan fingerprint density at radius 3 is 2.41 bits per heavy atom. The van der Waals surface area contributed by atoms with Gasteiger partial charge in [-0.25, -0.2) is 9.78 Å². The zero-order valence-electron chi connectivity index (χ0n) is 17.0. The molecule has 2 aromatic rings. The predicted octanol–water partition coefficient (Wildman–Crippen LogP) is 3.54. The minimum atomic E-state index is -0.639. The molecule has 0 saturated heterocycles. The molecule has 6 rings (SSSR count). The second-order valence-electron chi connectivity index (χ2n) is 9.49. The quantitative estimate of drug-likeness (QED) is 0.766. The Morgan fingerprint density at radius 1 is 1.21 bits per heavy atom. The SMILES string of the molecule is COC(=O)c1c(-c2cnn(CC34CC5CC(CC(C5)C3)C4)c2C)cnc(N)c1O. The number of aromatic hydroxyl groups is 1. The van der Waals surface area contributed by atoms with Gasteiger partial charge in [0.1, 0.15) is 5.56 Å². The number of carbonyl (C=O) groups is 1. The highest BCUT2D eigenvalue weighted by atomic mass is 16.5. The van der Waals surface area contributed by atoms with Crippen LogP contribution in [0.3, 0.4) is 0 Å². The van der Waals surface area contributed by atoms with Crippen molar-refractivity contribution in [2.75, 3.05) is 12.8 Å². The van der Waals surface area contributed by atoms with Crippen LogP contribution < -0.4 is 5.73 Å². The van der Waals surface area contributed by atoms with Crippen molar-refractivity contribution in [3.05, 3.63) is 23.7 Å². The van der Waals surface area contributed by atoms with Crippen molar-refractivity contribution in [2.24, 2.45) is 23.2 Å². The van der Waals surface area contributed by atoms with Crippen molar-refractivity contribution in [1.29, 1.82) is 0 Å². The molecule has 4 aliphatic rings. The highest BCUT2D eigenvalue weighted by Gasteiger charge is 2.51. The van der Waals surface area contributed by atoms with Gasteiger partial charge < -0.3 is 15.6 Å². The average Bonchev–Trinajstić information content (AvgIpc) is 3.02. The molecule has 4 aliphatic carbocycles. The van der Waals surface area contributed by atoms with Crippen LogP contribution in [-0.2, 0) is 11.3 Å². The lowest BCUT2D eigenvalue weighted by molar-refractivity contribution is -0.0638. The molecule has 2 aromatic heterocycles. The fourth-order valence-electron chi connectivity index (χ4n) is 6.70. The first-order valence-corrected chi connectivity index (χ1v) is 10.5. The lowest BCUT2D eigenvalue weighted by Crippen LogP contribution is -2.48. The van der Waals surface area contributed by atoms with Crippen LogP contribution in [0.2, 0.25) is 0 Å². The van der Waals surface area contributed by atoms with Gasteiger partial charge in [0.2, 0.25) is 0 Å². The van der Waals surface area contributed by atoms with Gasteiger partial charge in [-0.3, -0.25) is 4.68 Å². The number of rotatable bonds is 4. The first-order valence-electron chi connectivity index (χ1n) is 10.5. The number of pyridine rings is 1. The van der Waals surface area contributed by atoms with Crippen LogP contribution in [-0.4, -0.2) is 33.0 Å². The van der Waals surface area contributed by atoms with Gasteiger partial charge in [-0.2, -0.15) is 5.10 Å². The zero-order valence-corrected chi connectivity index (χ0v) is 17.0. The molecule has 7 heteroatoms. The van der Waals surface area contributed by atoms with E-state index in [0.29, 0.717) is 11.0 Å². The Morgan fingerprint density at radius 2 is 1.83 bits per heavy atom. The summed E-state index contributed by atoms with van der Waals surface area (Å²) in [5, 5.41) is 15.0. The molecule has 7 nitrogen and oxygen atoms in total. The van der Waals surface area contributed by atoms with E-state index in [1.54, 1.807) is 6.20 Å². The molecule has 4 bridgehead atoms. The highest BCUT2D eigenvalue weighted by molar-refractivity contribution is 6.01. The number of nitrogens with zero attached hydrogens (tertiary/aromatic N) is 3. The number of nitrogen functional groups attached to an aromatic ring is 1. The number of aromatic nitrogens is 3. The van der Waals surface area contributed by atoms with Crippen molar-refractivity contribution in [1.82, 2.24) is 14.8 Å². The maximum absolute atomic E-state index is 12.3. The third-order valence-electron chi connectivity index (χ3n) is 7.51. The number of anilines is 1. The fraction of sp³-hybridized carbons (Fsp3) is 0.591. The average molecular weight is 396 g/mol. The molecule has 0 atom stereocenters. The standard InChI is InChI=1S/C22H28N4O3/c1-12-16(17-9-24-20(23)19(27)18(17)21(28)29-2)10-25-26(12)11-22-6-13-3-14(7-22)5-15(4-13)8-22/h9-10,13-15,27H,3-8,11H2,1-2H3,(H2,23,24). The molecule has 0 unspecified atom stereocenters. The van der Waals surface area contributed by atoms with Crippen LogP contribution in [0.15, 0.2) is 12.4 Å². The third-order valence-corrected chi connectivity index (χ3v) is 7.51. The van der Waals surface area contributed by atoms with Gasteiger partial charge in [0.15, 0.2) is 11.6 Å². The summed E-state index contributed by atoms with van der Waals surface area (Å²) in [6.07, 6.45) is 11.5. The smallest absolute Gasteiger partial charge is 0.342 e. The maximum atomic E-state index is 12.3. The Labute approximate surface area is 170 Å². The molecule has 0 aromatic carbocycles. The molecule has 3 N–H and O–H groups in total. The summed E-state index contributed by atoms with van der Waals surface area (Å²) in [6.45, 7) is 2.93. The van der Waals surface area contributed by atoms with Crippen LogP contribution in [0.5, 0.6) is 5.75 Å². The lowest BCUT2D eigenvalue weighted by atomic mass is 9.49. The van der Waals surface area contributed by atoms with Crippen molar-refractivity contribution in [3.8, 4) is 16.9 Å². The Kier molecular flexibility index (Phi) is 4.12. The number of ether oxygens (including phenoxy) is 1. The van der Waals surface area contributed by atoms with Crippen molar-refractivity contribution in [3.63, 3.8) is 0 Å². The van der Waals surface area contributed by atoms with Crippen molar-refractivity contribution < 1.29 is 14.6 Å². The normalized spacial score (nSPS) is 29.9. The maximum Gasteiger partial charge on any atom is 0.342 e. The summed E-state index contributed by atoms with van der Waals surface area (Å²) >= 11 is 0. The molecule has 4 fully saturated rings. The van der Waals surface area contributed by atoms with Gasteiger partial charge in [-0.05, 0) is 68.6 Å². The summed E-state index contributed by atoms with van der Waals surface area (Å²) in [5.41, 5.74) is 8.35. The van der Waals surface area contributed by atoms with E-state index in [4.69, 9.17) is 10.5 Å². The second-order valence-corrected chi connectivity index (χ2v) is 9.49. The Bertz CT molecular complexity index is 945. The van der Waals surface area contributed by atoms with Crippen LogP contribution in [0, 0.1) is 30.1 Å². The van der Waals surface area contributed by atoms with Crippen molar-refractivity contribution >= 4 is 11.8 Å². The van der Waals surface area contributed by atoms with Gasteiger partial charge in [0, 0.05) is 29.6 Å². The fourth-order valence-corrected chi connectivity index (χ4v) is 6.70. The highest BCUT2D eigenvalue weighted by Crippen LogP contribution is 2.60. The topological polar surface area (TPSA) is 103 Å². The first kappa shape index (κ1) is 18.5. The molecule has 154 valence electrons. The third kappa shape index (κ3) is 2.90. The zero-order chi connectivity index (χ0) is 20.3. The molecule has 2 heterocycles. The lowest BCUT2D eigenvalue weighted by Gasteiger charge is -2.56. The van der Waals surface area contributed by atoms with Gasteiger partial charge in [0.25, 0.3) is 0 Å². The number of hydrogen-bond acceptors (Lipinski definition) is 6. The van der Waals surface area contributed by atoms with Gasteiger partial charge in [-0.1, -0.05) is 0 Å². The summed E-state index contributed by atoms with van der Waals surface area (Å²) < 4.78 is 6.94. The minimum absolute atomic E-state index is 0.0393. The first-order chi connectivity index (χ1) is 13.9. The van der Waals surface area contributed by atoms with E-state index in [1.165, 1.54) is 51.8 Å². The van der Waals surface area contributed by atoms with Gasteiger partial charge >= 0.3 is 5.97 Å². The molecular formula is C22H28N4O3. The van der Waals surface area contributed by atoms with E-state index in [9.17, 15) is 9.90 Å². The van der Waals surface area contributed by atoms with Crippen LogP contribution in [0.1, 0.15) is 54.6 Å². The number of nitrogens with two attached hydrogens (primary N) is 1. The van der Waals surface area contributed by atoms with E-state index in [-0.39, 0.29) is 17.1 Å². The number of methoxy groups -OCH3 is 1.